The number of oxime groups is 1. The van der Waals surface area contributed by atoms with Gasteiger partial charge in [-0.3, -0.25) is 9.36 Å². The number of benzene rings is 2. The van der Waals surface area contributed by atoms with E-state index >= 15 is 0 Å². The van der Waals surface area contributed by atoms with Gasteiger partial charge < -0.3 is 9.57 Å². The third kappa shape index (κ3) is 4.85. The Morgan fingerprint density at radius 1 is 1.06 bits per heavy atom. The van der Waals surface area contributed by atoms with Gasteiger partial charge in [-0.1, -0.05) is 34.4 Å². The molecule has 4 rings (SSSR count). The van der Waals surface area contributed by atoms with Crippen molar-refractivity contribution in [2.75, 3.05) is 13.2 Å². The number of halogens is 4. The zero-order valence-corrected chi connectivity index (χ0v) is 18.2. The lowest BCUT2D eigenvalue weighted by Crippen LogP contribution is -2.23. The molecule has 0 N–H and O–H groups in total. The molecule has 1 fully saturated rings. The summed E-state index contributed by atoms with van der Waals surface area (Å²) in [6, 6.07) is 10.8. The van der Waals surface area contributed by atoms with Gasteiger partial charge in [0.2, 0.25) is 0 Å². The van der Waals surface area contributed by atoms with Crippen LogP contribution in [-0.2, 0) is 9.57 Å². The Morgan fingerprint density at radius 3 is 2.47 bits per heavy atom. The fourth-order valence-electron chi connectivity index (χ4n) is 3.37. The van der Waals surface area contributed by atoms with Crippen molar-refractivity contribution in [3.63, 3.8) is 0 Å². The Labute approximate surface area is 192 Å². The van der Waals surface area contributed by atoms with E-state index in [4.69, 9.17) is 32.8 Å². The van der Waals surface area contributed by atoms with Gasteiger partial charge in [-0.2, -0.15) is 0 Å². The Hall–Kier alpha value is -2.74. The first kappa shape index (κ1) is 22.5. The average molecular weight is 479 g/mol. The van der Waals surface area contributed by atoms with Crippen LogP contribution in [0.1, 0.15) is 24.0 Å². The van der Waals surface area contributed by atoms with Crippen LogP contribution in [0.15, 0.2) is 64.7 Å². The topological polar surface area (TPSA) is 52.8 Å². The summed E-state index contributed by atoms with van der Waals surface area (Å²) in [5.41, 5.74) is 0.373. The van der Waals surface area contributed by atoms with Crippen LogP contribution in [0.4, 0.5) is 8.78 Å². The number of rotatable bonds is 5. The highest BCUT2D eigenvalue weighted by Gasteiger charge is 2.20. The predicted octanol–water partition coefficient (Wildman–Crippen LogP) is 5.37. The van der Waals surface area contributed by atoms with E-state index in [0.29, 0.717) is 31.6 Å². The number of hydrogen-bond donors (Lipinski definition) is 0. The minimum absolute atomic E-state index is 0.0221. The van der Waals surface area contributed by atoms with Crippen molar-refractivity contribution >= 4 is 28.9 Å². The Balaban J connectivity index is 1.83. The summed E-state index contributed by atoms with van der Waals surface area (Å²) >= 11 is 12.6. The molecule has 3 aromatic rings. The molecule has 0 bridgehead atoms. The summed E-state index contributed by atoms with van der Waals surface area (Å²) in [6.45, 7) is 1.08. The maximum absolute atomic E-state index is 14.7. The van der Waals surface area contributed by atoms with Crippen LogP contribution in [0.3, 0.4) is 0 Å². The molecule has 0 aliphatic carbocycles. The monoisotopic (exact) mass is 478 g/mol. The molecular formula is C23H18Cl2F2N2O3. The molecule has 0 saturated carbocycles. The van der Waals surface area contributed by atoms with Gasteiger partial charge in [0.05, 0.1) is 28.9 Å². The predicted molar refractivity (Wildman–Crippen MR) is 119 cm³/mol. The Morgan fingerprint density at radius 2 is 1.78 bits per heavy atom. The molecule has 1 aromatic heterocycles. The van der Waals surface area contributed by atoms with E-state index in [-0.39, 0.29) is 33.1 Å². The summed E-state index contributed by atoms with van der Waals surface area (Å²) < 4.78 is 34.8. The number of pyridine rings is 1. The lowest BCUT2D eigenvalue weighted by atomic mass is 10.0. The van der Waals surface area contributed by atoms with E-state index in [0.717, 1.165) is 12.1 Å². The molecule has 2 aromatic carbocycles. The molecule has 32 heavy (non-hydrogen) atoms. The van der Waals surface area contributed by atoms with E-state index in [9.17, 15) is 13.6 Å². The lowest BCUT2D eigenvalue weighted by molar-refractivity contribution is -0.0298. The first-order valence-corrected chi connectivity index (χ1v) is 10.6. The highest BCUT2D eigenvalue weighted by Crippen LogP contribution is 2.28. The first-order valence-electron chi connectivity index (χ1n) is 9.88. The van der Waals surface area contributed by atoms with Gasteiger partial charge in [-0.25, -0.2) is 8.78 Å². The quantitative estimate of drug-likeness (QED) is 0.365. The van der Waals surface area contributed by atoms with Crippen LogP contribution in [-0.4, -0.2) is 29.6 Å². The van der Waals surface area contributed by atoms with Crippen LogP contribution in [0, 0.1) is 11.6 Å². The lowest BCUT2D eigenvalue weighted by Gasteiger charge is -2.21. The van der Waals surface area contributed by atoms with Crippen molar-refractivity contribution < 1.29 is 18.4 Å². The molecule has 9 heteroatoms. The highest BCUT2D eigenvalue weighted by molar-refractivity contribution is 6.37. The van der Waals surface area contributed by atoms with E-state index < -0.39 is 17.2 Å². The highest BCUT2D eigenvalue weighted by atomic mass is 35.5. The maximum Gasteiger partial charge on any atom is 0.255 e. The first-order chi connectivity index (χ1) is 15.4. The zero-order valence-electron chi connectivity index (χ0n) is 16.7. The number of aromatic nitrogens is 1. The van der Waals surface area contributed by atoms with Crippen molar-refractivity contribution in [3.8, 4) is 5.69 Å². The van der Waals surface area contributed by atoms with Gasteiger partial charge in [0.1, 0.15) is 23.5 Å². The Kier molecular flexibility index (Phi) is 6.89. The SMILES string of the molecule is O=c1ccc(C(=NOC2CCOCC2)c2ccc(F)cc2F)cn1-c1c(Cl)cccc1Cl. The van der Waals surface area contributed by atoms with Crippen LogP contribution in [0.5, 0.6) is 0 Å². The van der Waals surface area contributed by atoms with E-state index in [1.807, 2.05) is 0 Å². The second-order valence-electron chi connectivity index (χ2n) is 7.18. The van der Waals surface area contributed by atoms with E-state index in [1.54, 1.807) is 18.2 Å². The van der Waals surface area contributed by atoms with E-state index in [2.05, 4.69) is 5.16 Å². The van der Waals surface area contributed by atoms with Crippen molar-refractivity contribution in [2.45, 2.75) is 18.9 Å². The van der Waals surface area contributed by atoms with E-state index in [1.165, 1.54) is 29.0 Å². The summed E-state index contributed by atoms with van der Waals surface area (Å²) in [5, 5.41) is 4.74. The molecule has 2 heterocycles. The van der Waals surface area contributed by atoms with Crippen LogP contribution in [0.2, 0.25) is 10.0 Å². The second-order valence-corrected chi connectivity index (χ2v) is 7.99. The van der Waals surface area contributed by atoms with Crippen molar-refractivity contribution in [1.82, 2.24) is 4.57 Å². The maximum atomic E-state index is 14.7. The largest absolute Gasteiger partial charge is 0.392 e. The molecule has 0 spiro atoms. The second kappa shape index (κ2) is 9.81. The standard InChI is InChI=1S/C23H18Cl2F2N2O3/c24-18-2-1-3-19(25)23(18)29-13-14(4-7-21(29)30)22(17-6-5-15(26)12-20(17)27)28-32-16-8-10-31-11-9-16/h1-7,12-13,16H,8-11H2. The van der Waals surface area contributed by atoms with Crippen LogP contribution in [0.25, 0.3) is 5.69 Å². The normalized spacial score (nSPS) is 15.1. The van der Waals surface area contributed by atoms with Crippen LogP contribution < -0.4 is 5.56 Å². The summed E-state index contributed by atoms with van der Waals surface area (Å²) in [6.07, 6.45) is 2.52. The number of nitrogens with zero attached hydrogens (tertiary/aromatic N) is 2. The molecule has 1 saturated heterocycles. The molecule has 166 valence electrons. The van der Waals surface area contributed by atoms with Crippen molar-refractivity contribution in [1.29, 1.82) is 0 Å². The molecule has 1 aliphatic rings. The van der Waals surface area contributed by atoms with Gasteiger partial charge in [0, 0.05) is 42.3 Å². The molecule has 0 amide bonds. The van der Waals surface area contributed by atoms with Crippen molar-refractivity contribution in [2.24, 2.45) is 5.16 Å². The minimum Gasteiger partial charge on any atom is -0.392 e. The summed E-state index contributed by atoms with van der Waals surface area (Å²) in [4.78, 5) is 18.3. The van der Waals surface area contributed by atoms with Gasteiger partial charge >= 0.3 is 0 Å². The number of ether oxygens (including phenoxy) is 1. The summed E-state index contributed by atoms with van der Waals surface area (Å²) in [5.74, 6) is -1.53. The van der Waals surface area contributed by atoms with Gasteiger partial charge in [0.15, 0.2) is 0 Å². The average Bonchev–Trinajstić information content (AvgIpc) is 2.77. The third-order valence-corrected chi connectivity index (χ3v) is 5.62. The molecule has 5 nitrogen and oxygen atoms in total. The van der Waals surface area contributed by atoms with Crippen LogP contribution >= 0.6 is 23.2 Å². The Bertz CT molecular complexity index is 1200. The number of para-hydroxylation sites is 1. The fourth-order valence-corrected chi connectivity index (χ4v) is 3.95. The molecule has 1 aliphatic heterocycles. The molecule has 0 radical (unpaired) electrons. The molecule has 0 atom stereocenters. The fraction of sp³-hybridized carbons (Fsp3) is 0.217. The zero-order chi connectivity index (χ0) is 22.7. The smallest absolute Gasteiger partial charge is 0.255 e. The minimum atomic E-state index is -0.812. The summed E-state index contributed by atoms with van der Waals surface area (Å²) in [7, 11) is 0. The third-order valence-electron chi connectivity index (χ3n) is 5.01. The molecule has 0 unspecified atom stereocenters. The number of hydrogen-bond acceptors (Lipinski definition) is 4. The van der Waals surface area contributed by atoms with Gasteiger partial charge in [-0.15, -0.1) is 0 Å². The van der Waals surface area contributed by atoms with Gasteiger partial charge in [-0.05, 0) is 30.3 Å². The van der Waals surface area contributed by atoms with Gasteiger partial charge in [0.25, 0.3) is 5.56 Å². The molecular weight excluding hydrogens is 461 g/mol. The van der Waals surface area contributed by atoms with Crippen molar-refractivity contribution in [3.05, 3.63) is 97.9 Å².